The minimum Gasteiger partial charge on any atom is -0.444 e. The van der Waals surface area contributed by atoms with Crippen LogP contribution in [0.5, 0.6) is 0 Å². The highest BCUT2D eigenvalue weighted by molar-refractivity contribution is 5.92. The molecule has 0 aliphatic carbocycles. The number of anilines is 2. The highest BCUT2D eigenvalue weighted by Gasteiger charge is 2.37. The molecule has 0 N–H and O–H groups in total. The van der Waals surface area contributed by atoms with Crippen LogP contribution in [0.25, 0.3) is 0 Å². The molecule has 5 rings (SSSR count). The first-order valence-electron chi connectivity index (χ1n) is 15.5. The molecule has 17 heteroatoms. The smallest absolute Gasteiger partial charge is 0.419 e. The summed E-state index contributed by atoms with van der Waals surface area (Å²) in [5.41, 5.74) is 1.92. The van der Waals surface area contributed by atoms with E-state index < -0.39 is 54.5 Å². The molecule has 1 aromatic heterocycles. The van der Waals surface area contributed by atoms with Gasteiger partial charge in [-0.05, 0) is 39.0 Å². The fraction of sp³-hybridized carbons (Fsp3) is 0.548. The van der Waals surface area contributed by atoms with Gasteiger partial charge in [0, 0.05) is 58.5 Å². The Bertz CT molecular complexity index is 1540. The standard InChI is InChI=1S/C31H40FN7O9/c1-20(40)38(29(43)46-19-45-27(41)18-35-8-10-36(11-9-35)28(42)48-31(2,3)4)15-23-16-39(30(44)47-23)22-6-7-26(24(32)12-22)37-14-21-13-34(5)33-25(21)17-37/h6-7,12-13,23H,8-11,14-19H2,1-5H3/t23-/m0/s1. The molecule has 2 fully saturated rings. The van der Waals surface area contributed by atoms with Crippen molar-refractivity contribution in [1.82, 2.24) is 24.5 Å². The zero-order chi connectivity index (χ0) is 34.7. The Morgan fingerprint density at radius 2 is 1.81 bits per heavy atom. The van der Waals surface area contributed by atoms with Crippen LogP contribution in [-0.4, -0.2) is 119 Å². The Balaban J connectivity index is 1.06. The molecule has 16 nitrogen and oxygen atoms in total. The quantitative estimate of drug-likeness (QED) is 0.230. The Morgan fingerprint density at radius 3 is 2.46 bits per heavy atom. The van der Waals surface area contributed by atoms with Gasteiger partial charge in [-0.25, -0.2) is 23.7 Å². The van der Waals surface area contributed by atoms with Crippen molar-refractivity contribution < 1.29 is 47.3 Å². The van der Waals surface area contributed by atoms with Crippen molar-refractivity contribution >= 4 is 41.5 Å². The lowest BCUT2D eigenvalue weighted by atomic mass is 10.2. The van der Waals surface area contributed by atoms with Crippen LogP contribution in [0, 0.1) is 5.82 Å². The number of amides is 4. The summed E-state index contributed by atoms with van der Waals surface area (Å²) in [7, 11) is 1.83. The Morgan fingerprint density at radius 1 is 1.08 bits per heavy atom. The van der Waals surface area contributed by atoms with E-state index in [4.69, 9.17) is 18.9 Å². The maximum absolute atomic E-state index is 15.2. The van der Waals surface area contributed by atoms with Gasteiger partial charge in [0.1, 0.15) is 17.5 Å². The highest BCUT2D eigenvalue weighted by Crippen LogP contribution is 2.32. The first kappa shape index (κ1) is 34.4. The van der Waals surface area contributed by atoms with E-state index in [0.717, 1.165) is 23.1 Å². The number of carbonyl (C=O) groups is 5. The number of ether oxygens (including phenoxy) is 4. The van der Waals surface area contributed by atoms with E-state index >= 15 is 4.39 Å². The lowest BCUT2D eigenvalue weighted by molar-refractivity contribution is -0.154. The third-order valence-corrected chi connectivity index (χ3v) is 7.92. The predicted molar refractivity (Wildman–Crippen MR) is 166 cm³/mol. The largest absolute Gasteiger partial charge is 0.444 e. The minimum absolute atomic E-state index is 0.0510. The molecule has 0 spiro atoms. The number of esters is 1. The minimum atomic E-state index is -1.09. The molecule has 3 aliphatic rings. The van der Waals surface area contributed by atoms with Crippen LogP contribution in [0.1, 0.15) is 39.0 Å². The number of nitrogens with zero attached hydrogens (tertiary/aromatic N) is 7. The van der Waals surface area contributed by atoms with Crippen LogP contribution < -0.4 is 9.80 Å². The average molecular weight is 674 g/mol. The molecule has 3 aliphatic heterocycles. The number of halogens is 1. The summed E-state index contributed by atoms with van der Waals surface area (Å²) in [6.07, 6.45) is -1.29. The fourth-order valence-corrected chi connectivity index (χ4v) is 5.61. The van der Waals surface area contributed by atoms with Crippen molar-refractivity contribution in [2.45, 2.75) is 52.5 Å². The molecule has 48 heavy (non-hydrogen) atoms. The molecule has 4 amide bonds. The summed E-state index contributed by atoms with van der Waals surface area (Å²) in [6, 6.07) is 4.42. The van der Waals surface area contributed by atoms with Gasteiger partial charge in [-0.2, -0.15) is 5.10 Å². The topological polar surface area (TPSA) is 156 Å². The number of rotatable bonds is 8. The summed E-state index contributed by atoms with van der Waals surface area (Å²) < 4.78 is 37.7. The van der Waals surface area contributed by atoms with Gasteiger partial charge in [0.15, 0.2) is 0 Å². The van der Waals surface area contributed by atoms with E-state index in [1.54, 1.807) is 47.4 Å². The normalized spacial score (nSPS) is 18.0. The highest BCUT2D eigenvalue weighted by atomic mass is 19.1. The van der Waals surface area contributed by atoms with Gasteiger partial charge in [0.25, 0.3) is 0 Å². The number of imide groups is 1. The number of aromatic nitrogens is 2. The van der Waals surface area contributed by atoms with Gasteiger partial charge >= 0.3 is 24.2 Å². The molecule has 0 saturated carbocycles. The first-order chi connectivity index (χ1) is 22.7. The summed E-state index contributed by atoms with van der Waals surface area (Å²) in [6.45, 7) is 7.86. The lowest BCUT2D eigenvalue weighted by Crippen LogP contribution is -2.51. The number of cyclic esters (lactones) is 1. The van der Waals surface area contributed by atoms with Crippen LogP contribution >= 0.6 is 0 Å². The molecule has 0 radical (unpaired) electrons. The van der Waals surface area contributed by atoms with E-state index in [0.29, 0.717) is 45.0 Å². The third kappa shape index (κ3) is 8.31. The van der Waals surface area contributed by atoms with E-state index in [9.17, 15) is 24.0 Å². The maximum Gasteiger partial charge on any atom is 0.419 e. The van der Waals surface area contributed by atoms with Crippen LogP contribution in [0.4, 0.5) is 30.1 Å². The third-order valence-electron chi connectivity index (χ3n) is 7.92. The van der Waals surface area contributed by atoms with Crippen LogP contribution in [0.3, 0.4) is 0 Å². The Kier molecular flexibility index (Phi) is 10.1. The monoisotopic (exact) mass is 673 g/mol. The fourth-order valence-electron chi connectivity index (χ4n) is 5.61. The Labute approximate surface area is 276 Å². The number of hydrogen-bond acceptors (Lipinski definition) is 12. The molecule has 1 atom stereocenters. The van der Waals surface area contributed by atoms with Gasteiger partial charge in [-0.15, -0.1) is 0 Å². The second kappa shape index (κ2) is 14.0. The molecule has 4 heterocycles. The summed E-state index contributed by atoms with van der Waals surface area (Å²) >= 11 is 0. The van der Waals surface area contributed by atoms with Gasteiger partial charge < -0.3 is 28.7 Å². The summed E-state index contributed by atoms with van der Waals surface area (Å²) in [5.74, 6) is -1.86. The summed E-state index contributed by atoms with van der Waals surface area (Å²) in [5, 5.41) is 4.39. The zero-order valence-electron chi connectivity index (χ0n) is 27.6. The Hall–Kier alpha value is -4.93. The molecular formula is C31H40FN7O9. The molecule has 0 unspecified atom stereocenters. The van der Waals surface area contributed by atoms with E-state index in [1.807, 2.05) is 18.1 Å². The number of benzene rings is 1. The average Bonchev–Trinajstić information content (AvgIpc) is 3.67. The first-order valence-corrected chi connectivity index (χ1v) is 15.5. The van der Waals surface area contributed by atoms with Crippen molar-refractivity contribution in [2.75, 3.05) is 62.4 Å². The molecule has 260 valence electrons. The SMILES string of the molecule is CC(=O)N(C[C@H]1CN(c2ccc(N3Cc4cn(C)nc4C3)c(F)c2)C(=O)O1)C(=O)OCOC(=O)CN1CCN(C(=O)OC(C)(C)C)CC1. The van der Waals surface area contributed by atoms with Crippen LogP contribution in [0.2, 0.25) is 0 Å². The predicted octanol–water partition coefficient (Wildman–Crippen LogP) is 2.44. The van der Waals surface area contributed by atoms with E-state index in [1.165, 1.54) is 11.0 Å². The molecule has 2 saturated heterocycles. The van der Waals surface area contributed by atoms with Gasteiger partial charge in [-0.1, -0.05) is 0 Å². The summed E-state index contributed by atoms with van der Waals surface area (Å²) in [4.78, 5) is 69.3. The molecule has 1 aromatic carbocycles. The number of carbonyl (C=O) groups excluding carboxylic acids is 5. The van der Waals surface area contributed by atoms with E-state index in [-0.39, 0.29) is 25.3 Å². The van der Waals surface area contributed by atoms with Crippen molar-refractivity contribution in [3.05, 3.63) is 41.5 Å². The van der Waals surface area contributed by atoms with E-state index in [2.05, 4.69) is 5.10 Å². The van der Waals surface area contributed by atoms with Gasteiger partial charge in [0.05, 0.1) is 43.2 Å². The molecule has 2 aromatic rings. The second-order valence-corrected chi connectivity index (χ2v) is 12.8. The van der Waals surface area contributed by atoms with Gasteiger partial charge in [0.2, 0.25) is 12.7 Å². The lowest BCUT2D eigenvalue weighted by Gasteiger charge is -2.35. The van der Waals surface area contributed by atoms with Crippen molar-refractivity contribution in [2.24, 2.45) is 7.05 Å². The molecular weight excluding hydrogens is 633 g/mol. The number of aryl methyl sites for hydroxylation is 1. The van der Waals surface area contributed by atoms with Crippen molar-refractivity contribution in [3.8, 4) is 0 Å². The van der Waals surface area contributed by atoms with Crippen molar-refractivity contribution in [1.29, 1.82) is 0 Å². The number of hydrogen-bond donors (Lipinski definition) is 0. The molecule has 0 bridgehead atoms. The zero-order valence-corrected chi connectivity index (χ0v) is 27.6. The van der Waals surface area contributed by atoms with Crippen LogP contribution in [-0.2, 0) is 48.7 Å². The number of fused-ring (bicyclic) bond motifs is 1. The van der Waals surface area contributed by atoms with Gasteiger partial charge in [-0.3, -0.25) is 24.1 Å². The second-order valence-electron chi connectivity index (χ2n) is 12.8. The maximum atomic E-state index is 15.2. The van der Waals surface area contributed by atoms with Crippen LogP contribution in [0.15, 0.2) is 24.4 Å². The van der Waals surface area contributed by atoms with Crippen molar-refractivity contribution in [3.63, 3.8) is 0 Å². The number of piperazine rings is 1.